The molecule has 0 aliphatic rings. The summed E-state index contributed by atoms with van der Waals surface area (Å²) in [5, 5.41) is 3.71. The summed E-state index contributed by atoms with van der Waals surface area (Å²) >= 11 is 0. The lowest BCUT2D eigenvalue weighted by Gasteiger charge is -2.21. The van der Waals surface area contributed by atoms with E-state index in [0.29, 0.717) is 17.6 Å². The number of aliphatic imine (C=N–C) groups is 1. The molecule has 0 aliphatic heterocycles. The molecule has 5 N–H and O–H groups in total. The van der Waals surface area contributed by atoms with Crippen molar-refractivity contribution in [1.82, 2.24) is 10.3 Å². The highest BCUT2D eigenvalue weighted by Gasteiger charge is 2.10. The van der Waals surface area contributed by atoms with Gasteiger partial charge < -0.3 is 16.8 Å². The zero-order chi connectivity index (χ0) is 20.9. The number of pyridine rings is 1. The van der Waals surface area contributed by atoms with Crippen molar-refractivity contribution in [2.75, 3.05) is 0 Å². The lowest BCUT2D eigenvalue weighted by molar-refractivity contribution is 0.468. The van der Waals surface area contributed by atoms with Gasteiger partial charge in [-0.3, -0.25) is 4.98 Å². The van der Waals surface area contributed by atoms with E-state index < -0.39 is 0 Å². The van der Waals surface area contributed by atoms with Gasteiger partial charge in [0.05, 0.1) is 11.4 Å². The van der Waals surface area contributed by atoms with Gasteiger partial charge in [-0.15, -0.1) is 0 Å². The first-order valence-corrected chi connectivity index (χ1v) is 10.2. The van der Waals surface area contributed by atoms with Crippen LogP contribution >= 0.6 is 0 Å². The first-order valence-electron chi connectivity index (χ1n) is 10.2. The maximum Gasteiger partial charge on any atom is 0.116 e. The van der Waals surface area contributed by atoms with E-state index in [4.69, 9.17) is 11.5 Å². The third kappa shape index (κ3) is 8.89. The molecule has 1 aromatic heterocycles. The molecule has 0 spiro atoms. The highest BCUT2D eigenvalue weighted by Crippen LogP contribution is 2.15. The van der Waals surface area contributed by atoms with Crippen molar-refractivity contribution in [1.29, 1.82) is 0 Å². The van der Waals surface area contributed by atoms with Gasteiger partial charge in [0.25, 0.3) is 0 Å². The van der Waals surface area contributed by atoms with Crippen molar-refractivity contribution < 1.29 is 0 Å². The number of rotatable bonds is 13. The van der Waals surface area contributed by atoms with Gasteiger partial charge in [0.15, 0.2) is 0 Å². The topological polar surface area (TPSA) is 89.3 Å². The summed E-state index contributed by atoms with van der Waals surface area (Å²) < 4.78 is 0. The quantitative estimate of drug-likeness (QED) is 0.432. The zero-order valence-corrected chi connectivity index (χ0v) is 17.8. The second-order valence-corrected chi connectivity index (χ2v) is 7.21. The maximum atomic E-state index is 5.77. The first kappa shape index (κ1) is 23.5. The summed E-state index contributed by atoms with van der Waals surface area (Å²) in [6.07, 6.45) is 9.35. The van der Waals surface area contributed by atoms with Gasteiger partial charge in [-0.25, -0.2) is 4.99 Å². The normalized spacial score (nSPS) is 13.2. The van der Waals surface area contributed by atoms with Crippen LogP contribution in [0, 0.1) is 0 Å². The molecule has 0 aliphatic carbocycles. The number of hydrogen-bond donors (Lipinski definition) is 3. The van der Waals surface area contributed by atoms with Crippen LogP contribution in [0.25, 0.3) is 5.70 Å². The summed E-state index contributed by atoms with van der Waals surface area (Å²) in [5.74, 6) is 0.306. The standard InChI is InChI=1S/C23H37N5/c1-6-8-11-21(10-7-2)27-18(4)20(16-26-19(5)25)14-15-22-12-9-13-23(28-22)17(3)24/h9,12-13,16,21,27H,3,5-8,10-11,14-15,24-25H2,1-2,4H3/b20-18+,26-16-/t21-/m1/s1. The van der Waals surface area contributed by atoms with Crippen LogP contribution in [-0.2, 0) is 6.42 Å². The molecule has 1 heterocycles. The van der Waals surface area contributed by atoms with E-state index in [1.54, 1.807) is 0 Å². The van der Waals surface area contributed by atoms with Gasteiger partial charge in [0, 0.05) is 23.6 Å². The molecular weight excluding hydrogens is 346 g/mol. The van der Waals surface area contributed by atoms with E-state index >= 15 is 0 Å². The Balaban J connectivity index is 2.96. The number of nitrogens with two attached hydrogens (primary N) is 2. The number of aromatic nitrogens is 1. The molecular formula is C23H37N5. The van der Waals surface area contributed by atoms with Crippen LogP contribution in [0.4, 0.5) is 0 Å². The molecule has 1 rings (SSSR count). The summed E-state index contributed by atoms with van der Waals surface area (Å²) in [7, 11) is 0. The second kappa shape index (κ2) is 12.8. The Morgan fingerprint density at radius 1 is 1.21 bits per heavy atom. The lowest BCUT2D eigenvalue weighted by Crippen LogP contribution is -2.28. The second-order valence-electron chi connectivity index (χ2n) is 7.21. The van der Waals surface area contributed by atoms with Crippen molar-refractivity contribution in [3.63, 3.8) is 0 Å². The molecule has 0 saturated heterocycles. The van der Waals surface area contributed by atoms with Crippen molar-refractivity contribution in [2.45, 2.75) is 71.8 Å². The summed E-state index contributed by atoms with van der Waals surface area (Å²) in [6.45, 7) is 14.0. The van der Waals surface area contributed by atoms with Gasteiger partial charge in [-0.2, -0.15) is 0 Å². The van der Waals surface area contributed by atoms with Gasteiger partial charge in [-0.05, 0) is 50.3 Å². The molecule has 0 bridgehead atoms. The Hall–Kier alpha value is -2.56. The van der Waals surface area contributed by atoms with Crippen LogP contribution in [0.1, 0.15) is 70.7 Å². The third-order valence-corrected chi connectivity index (χ3v) is 4.62. The Bertz CT molecular complexity index is 703. The Labute approximate surface area is 170 Å². The fraction of sp³-hybridized carbons (Fsp3) is 0.478. The largest absolute Gasteiger partial charge is 0.397 e. The van der Waals surface area contributed by atoms with Crippen LogP contribution in [0.5, 0.6) is 0 Å². The summed E-state index contributed by atoms with van der Waals surface area (Å²) in [4.78, 5) is 8.80. The van der Waals surface area contributed by atoms with E-state index in [0.717, 1.165) is 48.3 Å². The molecule has 28 heavy (non-hydrogen) atoms. The Morgan fingerprint density at radius 2 is 1.96 bits per heavy atom. The van der Waals surface area contributed by atoms with Gasteiger partial charge in [0.2, 0.25) is 0 Å². The molecule has 0 radical (unpaired) electrons. The molecule has 154 valence electrons. The fourth-order valence-electron chi connectivity index (χ4n) is 3.06. The van der Waals surface area contributed by atoms with Crippen LogP contribution in [0.15, 0.2) is 53.4 Å². The molecule has 1 aromatic rings. The maximum absolute atomic E-state index is 5.77. The average Bonchev–Trinajstić information content (AvgIpc) is 2.66. The molecule has 1 atom stereocenters. The minimum atomic E-state index is 0.306. The third-order valence-electron chi connectivity index (χ3n) is 4.62. The minimum absolute atomic E-state index is 0.306. The van der Waals surface area contributed by atoms with E-state index in [9.17, 15) is 0 Å². The summed E-state index contributed by atoms with van der Waals surface area (Å²) in [5.41, 5.74) is 15.9. The van der Waals surface area contributed by atoms with Crippen LogP contribution in [-0.4, -0.2) is 17.2 Å². The van der Waals surface area contributed by atoms with E-state index in [1.165, 1.54) is 19.3 Å². The first-order chi connectivity index (χ1) is 13.4. The highest BCUT2D eigenvalue weighted by atomic mass is 14.9. The number of unbranched alkanes of at least 4 members (excludes halogenated alkanes) is 1. The van der Waals surface area contributed by atoms with Gasteiger partial charge in [-0.1, -0.05) is 52.3 Å². The number of nitrogens with one attached hydrogen (secondary N) is 1. The molecule has 5 heteroatoms. The van der Waals surface area contributed by atoms with E-state index in [-0.39, 0.29) is 0 Å². The molecule has 0 aromatic carbocycles. The monoisotopic (exact) mass is 383 g/mol. The molecule has 0 unspecified atom stereocenters. The number of aryl methyl sites for hydroxylation is 1. The Morgan fingerprint density at radius 3 is 2.57 bits per heavy atom. The molecule has 0 saturated carbocycles. The highest BCUT2D eigenvalue weighted by molar-refractivity contribution is 5.80. The van der Waals surface area contributed by atoms with Crippen molar-refractivity contribution in [2.24, 2.45) is 16.5 Å². The fourth-order valence-corrected chi connectivity index (χ4v) is 3.06. The van der Waals surface area contributed by atoms with E-state index in [1.807, 2.05) is 24.4 Å². The Kier molecular flexibility index (Phi) is 10.7. The number of nitrogens with zero attached hydrogens (tertiary/aromatic N) is 2. The molecule has 0 amide bonds. The van der Waals surface area contributed by atoms with Crippen LogP contribution < -0.4 is 16.8 Å². The zero-order valence-electron chi connectivity index (χ0n) is 17.8. The molecule has 5 nitrogen and oxygen atoms in total. The minimum Gasteiger partial charge on any atom is -0.397 e. The van der Waals surface area contributed by atoms with Gasteiger partial charge >= 0.3 is 0 Å². The number of allylic oxidation sites excluding steroid dienone is 2. The number of hydrogen-bond acceptors (Lipinski definition) is 5. The van der Waals surface area contributed by atoms with Crippen LogP contribution in [0.3, 0.4) is 0 Å². The predicted molar refractivity (Wildman–Crippen MR) is 122 cm³/mol. The smallest absolute Gasteiger partial charge is 0.116 e. The van der Waals surface area contributed by atoms with Gasteiger partial charge in [0.1, 0.15) is 5.82 Å². The summed E-state index contributed by atoms with van der Waals surface area (Å²) in [6, 6.07) is 6.32. The lowest BCUT2D eigenvalue weighted by atomic mass is 10.0. The van der Waals surface area contributed by atoms with E-state index in [2.05, 4.69) is 49.2 Å². The SMILES string of the molecule is C=C(N)/N=C\C(CCc1cccc(C(=C)N)n1)=C(/C)N[C@H](CCC)CCCC. The van der Waals surface area contributed by atoms with Crippen molar-refractivity contribution in [3.8, 4) is 0 Å². The molecule has 0 fully saturated rings. The average molecular weight is 384 g/mol. The predicted octanol–water partition coefficient (Wildman–Crippen LogP) is 4.67. The van der Waals surface area contributed by atoms with Crippen molar-refractivity contribution in [3.05, 3.63) is 59.8 Å². The van der Waals surface area contributed by atoms with Crippen molar-refractivity contribution >= 4 is 11.9 Å². The van der Waals surface area contributed by atoms with Crippen LogP contribution in [0.2, 0.25) is 0 Å².